The van der Waals surface area contributed by atoms with Crippen molar-refractivity contribution in [3.63, 3.8) is 0 Å². The van der Waals surface area contributed by atoms with Gasteiger partial charge in [-0.25, -0.2) is 9.97 Å². The molecule has 3 aromatic rings. The van der Waals surface area contributed by atoms with Crippen LogP contribution < -0.4 is 15.8 Å². The number of hydrogen-bond acceptors (Lipinski definition) is 7. The van der Waals surface area contributed by atoms with Gasteiger partial charge in [0.2, 0.25) is 5.91 Å². The van der Waals surface area contributed by atoms with Crippen LogP contribution in [-0.2, 0) is 16.1 Å². The van der Waals surface area contributed by atoms with E-state index in [0.29, 0.717) is 43.2 Å². The molecule has 190 valence electrons. The number of carbonyl (C=O) groups excluding carboxylic acids is 1. The summed E-state index contributed by atoms with van der Waals surface area (Å²) in [5, 5.41) is 3.10. The first-order valence-corrected chi connectivity index (χ1v) is 12.8. The van der Waals surface area contributed by atoms with Gasteiger partial charge in [-0.3, -0.25) is 19.1 Å². The largest absolute Gasteiger partial charge is 0.379 e. The Morgan fingerprint density at radius 2 is 1.94 bits per heavy atom. The molecule has 4 heterocycles. The van der Waals surface area contributed by atoms with Gasteiger partial charge in [0.15, 0.2) is 11.5 Å². The lowest BCUT2D eigenvalue weighted by molar-refractivity contribution is -0.125. The number of morpholine rings is 1. The second-order valence-electron chi connectivity index (χ2n) is 9.69. The number of hydrogen-bond donors (Lipinski definition) is 1. The van der Waals surface area contributed by atoms with Crippen LogP contribution in [0, 0.1) is 12.8 Å². The summed E-state index contributed by atoms with van der Waals surface area (Å²) < 4.78 is 7.09. The number of carbonyl (C=O) groups is 1. The third-order valence-corrected chi connectivity index (χ3v) is 7.07. The van der Waals surface area contributed by atoms with E-state index in [1.54, 1.807) is 10.8 Å². The van der Waals surface area contributed by atoms with E-state index in [4.69, 9.17) is 9.72 Å². The van der Waals surface area contributed by atoms with E-state index >= 15 is 0 Å². The van der Waals surface area contributed by atoms with Crippen molar-refractivity contribution in [1.29, 1.82) is 0 Å². The van der Waals surface area contributed by atoms with Gasteiger partial charge in [-0.05, 0) is 37.5 Å². The molecule has 1 N–H and O–H groups in total. The van der Waals surface area contributed by atoms with Gasteiger partial charge < -0.3 is 15.0 Å². The average molecular weight is 491 g/mol. The molecule has 0 bridgehead atoms. The third-order valence-electron chi connectivity index (χ3n) is 7.07. The molecule has 9 heteroatoms. The van der Waals surface area contributed by atoms with Gasteiger partial charge in [-0.2, -0.15) is 0 Å². The van der Waals surface area contributed by atoms with Crippen molar-refractivity contribution in [3.05, 3.63) is 64.1 Å². The summed E-state index contributed by atoms with van der Waals surface area (Å²) in [7, 11) is 0. The second-order valence-corrected chi connectivity index (χ2v) is 9.69. The second kappa shape index (κ2) is 11.2. The van der Waals surface area contributed by atoms with Crippen LogP contribution in [0.2, 0.25) is 0 Å². The number of nitrogens with zero attached hydrogens (tertiary/aromatic N) is 5. The molecule has 36 heavy (non-hydrogen) atoms. The number of pyridine rings is 1. The molecule has 0 spiro atoms. The molecule has 0 aliphatic carbocycles. The lowest BCUT2D eigenvalue weighted by Gasteiger charge is -2.33. The number of amides is 1. The maximum absolute atomic E-state index is 13.7. The van der Waals surface area contributed by atoms with Crippen LogP contribution >= 0.6 is 0 Å². The minimum atomic E-state index is -0.171. The maximum Gasteiger partial charge on any atom is 0.295 e. The summed E-state index contributed by atoms with van der Waals surface area (Å²) in [5.41, 5.74) is 3.28. The van der Waals surface area contributed by atoms with Crippen molar-refractivity contribution < 1.29 is 9.53 Å². The van der Waals surface area contributed by atoms with Crippen LogP contribution in [0.4, 0.5) is 5.82 Å². The summed E-state index contributed by atoms with van der Waals surface area (Å²) >= 11 is 0. The van der Waals surface area contributed by atoms with Crippen LogP contribution in [0.25, 0.3) is 11.2 Å². The van der Waals surface area contributed by atoms with E-state index in [9.17, 15) is 9.59 Å². The lowest BCUT2D eigenvalue weighted by atomic mass is 9.97. The van der Waals surface area contributed by atoms with E-state index in [-0.39, 0.29) is 17.4 Å². The molecule has 0 unspecified atom stereocenters. The topological polar surface area (TPSA) is 92.6 Å². The first-order chi connectivity index (χ1) is 17.6. The molecule has 2 aromatic heterocycles. The van der Waals surface area contributed by atoms with Gasteiger partial charge in [-0.15, -0.1) is 0 Å². The van der Waals surface area contributed by atoms with Crippen LogP contribution in [0.1, 0.15) is 24.0 Å². The summed E-state index contributed by atoms with van der Waals surface area (Å²) in [4.78, 5) is 40.1. The highest BCUT2D eigenvalue weighted by atomic mass is 16.5. The number of ether oxygens (including phenoxy) is 1. The van der Waals surface area contributed by atoms with E-state index in [1.807, 2.05) is 48.2 Å². The van der Waals surface area contributed by atoms with E-state index in [1.165, 1.54) is 5.56 Å². The molecular formula is C27H34N6O3. The SMILES string of the molecule is Cc1ccc(Cn2c(=O)c(N3CCC[C@H](C(=O)NCCN4CCOCC4)C3)nc3cccnc32)cc1. The Hall–Kier alpha value is -3.30. The molecule has 9 nitrogen and oxygen atoms in total. The van der Waals surface area contributed by atoms with Crippen LogP contribution in [-0.4, -0.2) is 77.8 Å². The quantitative estimate of drug-likeness (QED) is 0.540. The van der Waals surface area contributed by atoms with Crippen LogP contribution in [0.3, 0.4) is 0 Å². The first kappa shape index (κ1) is 24.4. The van der Waals surface area contributed by atoms with Gasteiger partial charge in [0.05, 0.1) is 25.7 Å². The Morgan fingerprint density at radius 3 is 2.75 bits per heavy atom. The zero-order valence-electron chi connectivity index (χ0n) is 20.9. The molecule has 1 aromatic carbocycles. The molecule has 2 saturated heterocycles. The van der Waals surface area contributed by atoms with E-state index < -0.39 is 0 Å². The number of piperidine rings is 1. The number of rotatable bonds is 7. The van der Waals surface area contributed by atoms with Crippen molar-refractivity contribution in [1.82, 2.24) is 24.8 Å². The zero-order chi connectivity index (χ0) is 24.9. The summed E-state index contributed by atoms with van der Waals surface area (Å²) in [6.45, 7) is 8.42. The molecule has 2 fully saturated rings. The average Bonchev–Trinajstić information content (AvgIpc) is 2.92. The summed E-state index contributed by atoms with van der Waals surface area (Å²) in [6.07, 6.45) is 3.34. The lowest BCUT2D eigenvalue weighted by Crippen LogP contribution is -2.47. The Bertz CT molecular complexity index is 1250. The number of nitrogens with one attached hydrogen (secondary N) is 1. The minimum absolute atomic E-state index is 0.0513. The normalized spacial score (nSPS) is 18.9. The van der Waals surface area contributed by atoms with Crippen molar-refractivity contribution in [2.24, 2.45) is 5.92 Å². The minimum Gasteiger partial charge on any atom is -0.379 e. The molecule has 5 rings (SSSR count). The molecular weight excluding hydrogens is 456 g/mol. The molecule has 1 atom stereocenters. The fourth-order valence-corrected chi connectivity index (χ4v) is 4.98. The van der Waals surface area contributed by atoms with Gasteiger partial charge in [0.25, 0.3) is 5.56 Å². The Labute approximate surface area is 211 Å². The van der Waals surface area contributed by atoms with Crippen LogP contribution in [0.5, 0.6) is 0 Å². The number of aryl methyl sites for hydroxylation is 1. The third kappa shape index (κ3) is 5.57. The van der Waals surface area contributed by atoms with E-state index in [0.717, 1.165) is 51.3 Å². The first-order valence-electron chi connectivity index (χ1n) is 12.8. The fourth-order valence-electron chi connectivity index (χ4n) is 4.98. The Balaban J connectivity index is 1.33. The van der Waals surface area contributed by atoms with Gasteiger partial charge >= 0.3 is 0 Å². The number of fused-ring (bicyclic) bond motifs is 1. The number of aromatic nitrogens is 3. The molecule has 2 aliphatic rings. The Kier molecular flexibility index (Phi) is 7.58. The van der Waals surface area contributed by atoms with Gasteiger partial charge in [-0.1, -0.05) is 29.8 Å². The predicted molar refractivity (Wildman–Crippen MR) is 139 cm³/mol. The fraction of sp³-hybridized carbons (Fsp3) is 0.481. The highest BCUT2D eigenvalue weighted by Crippen LogP contribution is 2.22. The Morgan fingerprint density at radius 1 is 1.14 bits per heavy atom. The predicted octanol–water partition coefficient (Wildman–Crippen LogP) is 1.81. The van der Waals surface area contributed by atoms with Crippen molar-refractivity contribution in [2.45, 2.75) is 26.3 Å². The van der Waals surface area contributed by atoms with Crippen molar-refractivity contribution >= 4 is 22.9 Å². The van der Waals surface area contributed by atoms with Crippen LogP contribution in [0.15, 0.2) is 47.4 Å². The number of benzene rings is 1. The smallest absolute Gasteiger partial charge is 0.295 e. The van der Waals surface area contributed by atoms with E-state index in [2.05, 4.69) is 15.2 Å². The molecule has 1 amide bonds. The van der Waals surface area contributed by atoms with Crippen molar-refractivity contribution in [2.75, 3.05) is 57.4 Å². The summed E-state index contributed by atoms with van der Waals surface area (Å²) in [6, 6.07) is 11.9. The zero-order valence-corrected chi connectivity index (χ0v) is 20.9. The molecule has 0 saturated carbocycles. The number of anilines is 1. The van der Waals surface area contributed by atoms with Gasteiger partial charge in [0, 0.05) is 45.5 Å². The summed E-state index contributed by atoms with van der Waals surface area (Å²) in [5.74, 6) is 0.281. The van der Waals surface area contributed by atoms with Gasteiger partial charge in [0.1, 0.15) is 5.52 Å². The highest BCUT2D eigenvalue weighted by Gasteiger charge is 2.29. The molecule has 2 aliphatic heterocycles. The van der Waals surface area contributed by atoms with Crippen molar-refractivity contribution in [3.8, 4) is 0 Å². The maximum atomic E-state index is 13.7. The molecule has 0 radical (unpaired) electrons. The highest BCUT2D eigenvalue weighted by molar-refractivity contribution is 5.79. The standard InChI is InChI=1S/C27H34N6O3/c1-20-6-8-21(9-7-20)18-33-24-23(5-2-10-28-24)30-25(27(33)35)32-12-3-4-22(19-32)26(34)29-11-13-31-14-16-36-17-15-31/h2,5-10,22H,3-4,11-19H2,1H3,(H,29,34)/t22-/m0/s1. The monoisotopic (exact) mass is 490 g/mol.